The van der Waals surface area contributed by atoms with E-state index in [1.807, 2.05) is 43.0 Å². The summed E-state index contributed by atoms with van der Waals surface area (Å²) in [6.45, 7) is 6.41. The normalized spacial score (nSPS) is 24.3. The second-order valence-corrected chi connectivity index (χ2v) is 6.64. The van der Waals surface area contributed by atoms with Crippen LogP contribution in [0.5, 0.6) is 0 Å². The molecule has 0 aliphatic carbocycles. The number of hydrogen-bond donors (Lipinski definition) is 1. The molecule has 2 saturated heterocycles. The molecule has 130 valence electrons. The smallest absolute Gasteiger partial charge is 0.317 e. The monoisotopic (exact) mass is 331 g/mol. The highest BCUT2D eigenvalue weighted by molar-refractivity contribution is 5.95. The van der Waals surface area contributed by atoms with Crippen LogP contribution < -0.4 is 10.2 Å². The minimum atomic E-state index is -0.0698. The summed E-state index contributed by atoms with van der Waals surface area (Å²) in [5, 5.41) is 2.97. The number of rotatable bonds is 3. The molecule has 6 heteroatoms. The topological polar surface area (TPSA) is 61.9 Å². The molecular weight excluding hydrogens is 306 g/mol. The Balaban J connectivity index is 1.58. The first-order valence-corrected chi connectivity index (χ1v) is 8.60. The van der Waals surface area contributed by atoms with Crippen LogP contribution in [0.1, 0.15) is 32.3 Å². The molecular formula is C18H25N3O3. The predicted molar refractivity (Wildman–Crippen MR) is 91.8 cm³/mol. The maximum Gasteiger partial charge on any atom is 0.317 e. The maximum absolute atomic E-state index is 12.4. The molecule has 0 spiro atoms. The second kappa shape index (κ2) is 7.21. The van der Waals surface area contributed by atoms with Gasteiger partial charge in [0.15, 0.2) is 0 Å². The number of hydrogen-bond acceptors (Lipinski definition) is 3. The van der Waals surface area contributed by atoms with Crippen molar-refractivity contribution in [2.75, 3.05) is 24.5 Å². The summed E-state index contributed by atoms with van der Waals surface area (Å²) in [4.78, 5) is 27.8. The minimum Gasteiger partial charge on any atom is -0.372 e. The number of nitrogens with one attached hydrogen (secondary N) is 1. The summed E-state index contributed by atoms with van der Waals surface area (Å²) in [7, 11) is 0. The SMILES string of the molecule is CC1CN(C(=O)NCc2cccc(N3CCCC3=O)c2)CC(C)O1. The summed E-state index contributed by atoms with van der Waals surface area (Å²) in [6, 6.07) is 7.75. The van der Waals surface area contributed by atoms with Crippen molar-refractivity contribution < 1.29 is 14.3 Å². The third kappa shape index (κ3) is 3.87. The van der Waals surface area contributed by atoms with Gasteiger partial charge in [0.2, 0.25) is 5.91 Å². The Morgan fingerprint density at radius 1 is 1.29 bits per heavy atom. The van der Waals surface area contributed by atoms with Crippen LogP contribution >= 0.6 is 0 Å². The van der Waals surface area contributed by atoms with Gasteiger partial charge in [-0.25, -0.2) is 4.79 Å². The number of urea groups is 1. The van der Waals surface area contributed by atoms with E-state index in [1.54, 1.807) is 4.90 Å². The van der Waals surface area contributed by atoms with E-state index >= 15 is 0 Å². The third-order valence-electron chi connectivity index (χ3n) is 4.45. The number of ether oxygens (including phenoxy) is 1. The minimum absolute atomic E-state index is 0.0593. The molecule has 2 heterocycles. The van der Waals surface area contributed by atoms with Crippen molar-refractivity contribution in [3.05, 3.63) is 29.8 Å². The van der Waals surface area contributed by atoms with Crippen molar-refractivity contribution in [2.45, 2.75) is 45.4 Å². The van der Waals surface area contributed by atoms with Crippen LogP contribution in [0.15, 0.2) is 24.3 Å². The first-order valence-electron chi connectivity index (χ1n) is 8.60. The molecule has 0 aromatic heterocycles. The number of nitrogens with zero attached hydrogens (tertiary/aromatic N) is 2. The lowest BCUT2D eigenvalue weighted by atomic mass is 10.2. The van der Waals surface area contributed by atoms with E-state index in [0.29, 0.717) is 26.1 Å². The Bertz CT molecular complexity index is 609. The van der Waals surface area contributed by atoms with Crippen molar-refractivity contribution in [2.24, 2.45) is 0 Å². The number of amides is 3. The molecule has 24 heavy (non-hydrogen) atoms. The van der Waals surface area contributed by atoms with Crippen LogP contribution in [-0.4, -0.2) is 48.7 Å². The first kappa shape index (κ1) is 16.8. The van der Waals surface area contributed by atoms with Crippen LogP contribution in [0.25, 0.3) is 0 Å². The fourth-order valence-electron chi connectivity index (χ4n) is 3.39. The van der Waals surface area contributed by atoms with Crippen molar-refractivity contribution in [1.29, 1.82) is 0 Å². The van der Waals surface area contributed by atoms with Gasteiger partial charge in [-0.05, 0) is 38.0 Å². The van der Waals surface area contributed by atoms with Gasteiger partial charge in [0.25, 0.3) is 0 Å². The van der Waals surface area contributed by atoms with Gasteiger partial charge in [-0.15, -0.1) is 0 Å². The number of benzene rings is 1. The molecule has 6 nitrogen and oxygen atoms in total. The largest absolute Gasteiger partial charge is 0.372 e. The summed E-state index contributed by atoms with van der Waals surface area (Å²) < 4.78 is 5.65. The number of carbonyl (C=O) groups excluding carboxylic acids is 2. The van der Waals surface area contributed by atoms with Gasteiger partial charge in [-0.1, -0.05) is 12.1 Å². The van der Waals surface area contributed by atoms with Gasteiger partial charge in [0.1, 0.15) is 0 Å². The summed E-state index contributed by atoms with van der Waals surface area (Å²) in [5.74, 6) is 0.174. The molecule has 0 radical (unpaired) electrons. The number of morpholine rings is 1. The molecule has 2 aliphatic heterocycles. The molecule has 2 fully saturated rings. The van der Waals surface area contributed by atoms with Crippen molar-refractivity contribution in [3.8, 4) is 0 Å². The van der Waals surface area contributed by atoms with Crippen LogP contribution in [0.4, 0.5) is 10.5 Å². The third-order valence-corrected chi connectivity index (χ3v) is 4.45. The second-order valence-electron chi connectivity index (χ2n) is 6.64. The van der Waals surface area contributed by atoms with E-state index in [2.05, 4.69) is 5.32 Å². The van der Waals surface area contributed by atoms with Crippen LogP contribution in [0.3, 0.4) is 0 Å². The molecule has 3 rings (SSSR count). The van der Waals surface area contributed by atoms with Crippen molar-refractivity contribution >= 4 is 17.6 Å². The van der Waals surface area contributed by atoms with E-state index < -0.39 is 0 Å². The Morgan fingerprint density at radius 2 is 2.04 bits per heavy atom. The highest BCUT2D eigenvalue weighted by Crippen LogP contribution is 2.22. The quantitative estimate of drug-likeness (QED) is 0.923. The van der Waals surface area contributed by atoms with Gasteiger partial charge in [-0.3, -0.25) is 4.79 Å². The van der Waals surface area contributed by atoms with Crippen LogP contribution in [-0.2, 0) is 16.1 Å². The zero-order chi connectivity index (χ0) is 17.1. The summed E-state index contributed by atoms with van der Waals surface area (Å²) in [5.41, 5.74) is 1.91. The van der Waals surface area contributed by atoms with Gasteiger partial charge in [-0.2, -0.15) is 0 Å². The molecule has 2 atom stereocenters. The maximum atomic E-state index is 12.4. The fourth-order valence-corrected chi connectivity index (χ4v) is 3.39. The highest BCUT2D eigenvalue weighted by atomic mass is 16.5. The molecule has 1 aromatic rings. The highest BCUT2D eigenvalue weighted by Gasteiger charge is 2.26. The van der Waals surface area contributed by atoms with E-state index in [-0.39, 0.29) is 24.1 Å². The van der Waals surface area contributed by atoms with E-state index in [9.17, 15) is 9.59 Å². The van der Waals surface area contributed by atoms with Crippen molar-refractivity contribution in [3.63, 3.8) is 0 Å². The molecule has 3 amide bonds. The van der Waals surface area contributed by atoms with Gasteiger partial charge >= 0.3 is 6.03 Å². The molecule has 1 aromatic carbocycles. The predicted octanol–water partition coefficient (Wildman–Crippen LogP) is 2.13. The summed E-state index contributed by atoms with van der Waals surface area (Å²) >= 11 is 0. The average Bonchev–Trinajstić information content (AvgIpc) is 2.98. The van der Waals surface area contributed by atoms with E-state index in [1.165, 1.54) is 0 Å². The zero-order valence-electron chi connectivity index (χ0n) is 14.3. The van der Waals surface area contributed by atoms with Crippen LogP contribution in [0, 0.1) is 0 Å². The van der Waals surface area contributed by atoms with Gasteiger partial charge < -0.3 is 19.9 Å². The lowest BCUT2D eigenvalue weighted by Crippen LogP contribution is -2.51. The average molecular weight is 331 g/mol. The van der Waals surface area contributed by atoms with E-state index in [4.69, 9.17) is 4.74 Å². The van der Waals surface area contributed by atoms with Gasteiger partial charge in [0.05, 0.1) is 12.2 Å². The molecule has 0 bridgehead atoms. The van der Waals surface area contributed by atoms with Crippen molar-refractivity contribution in [1.82, 2.24) is 10.2 Å². The molecule has 2 aliphatic rings. The van der Waals surface area contributed by atoms with E-state index in [0.717, 1.165) is 24.2 Å². The van der Waals surface area contributed by atoms with Crippen LogP contribution in [0.2, 0.25) is 0 Å². The standard InChI is InChI=1S/C18H25N3O3/c1-13-11-20(12-14(2)24-13)18(23)19-10-15-5-3-6-16(9-15)21-8-4-7-17(21)22/h3,5-6,9,13-14H,4,7-8,10-12H2,1-2H3,(H,19,23). The molecule has 0 saturated carbocycles. The Labute approximate surface area is 142 Å². The lowest BCUT2D eigenvalue weighted by molar-refractivity contribution is -0.117. The Hall–Kier alpha value is -2.08. The first-order chi connectivity index (χ1) is 11.5. The van der Waals surface area contributed by atoms with Gasteiger partial charge in [0, 0.05) is 38.3 Å². The summed E-state index contributed by atoms with van der Waals surface area (Å²) in [6.07, 6.45) is 1.65. The fraction of sp³-hybridized carbons (Fsp3) is 0.556. The molecule has 2 unspecified atom stereocenters. The number of anilines is 1. The lowest BCUT2D eigenvalue weighted by Gasteiger charge is -2.35. The Kier molecular flexibility index (Phi) is 5.04. The zero-order valence-corrected chi connectivity index (χ0v) is 14.3. The Morgan fingerprint density at radius 3 is 2.71 bits per heavy atom. The number of carbonyl (C=O) groups is 2. The molecule has 1 N–H and O–H groups in total.